The van der Waals surface area contributed by atoms with Crippen LogP contribution in [0.2, 0.25) is 0 Å². The molecule has 1 atom stereocenters. The molecule has 0 radical (unpaired) electrons. The van der Waals surface area contributed by atoms with Gasteiger partial charge in [-0.25, -0.2) is 21.6 Å². The fourth-order valence-electron chi connectivity index (χ4n) is 3.04. The van der Waals surface area contributed by atoms with Gasteiger partial charge in [0.05, 0.1) is 22.3 Å². The van der Waals surface area contributed by atoms with Crippen LogP contribution in [0.1, 0.15) is 32.6 Å². The normalized spacial score (nSPS) is 21.7. The van der Waals surface area contributed by atoms with Crippen molar-refractivity contribution in [2.75, 3.05) is 19.7 Å². The summed E-state index contributed by atoms with van der Waals surface area (Å²) in [5, 5.41) is 0. The first kappa shape index (κ1) is 20.2. The van der Waals surface area contributed by atoms with Gasteiger partial charge in [-0.15, -0.1) is 0 Å². The molecule has 1 aliphatic carbocycles. The highest BCUT2D eigenvalue weighted by Gasteiger charge is 2.34. The van der Waals surface area contributed by atoms with Crippen LogP contribution in [-0.4, -0.2) is 52.8 Å². The molecule has 27 heavy (non-hydrogen) atoms. The Morgan fingerprint density at radius 3 is 2.33 bits per heavy atom. The van der Waals surface area contributed by atoms with E-state index in [9.17, 15) is 21.6 Å². The minimum Gasteiger partial charge on any atom is -0.466 e. The molecule has 1 aromatic rings. The number of piperidine rings is 1. The SMILES string of the molecule is CCOC(=O)C1CCCN(S(=O)(=O)c2ccc(S(=O)(=O)NC3CC3)cc2)C1. The third-order valence-corrected chi connectivity index (χ3v) is 8.09. The Kier molecular flexibility index (Phi) is 5.90. The number of ether oxygens (including phenoxy) is 1. The molecular weight excluding hydrogens is 392 g/mol. The second-order valence-corrected chi connectivity index (χ2v) is 10.5. The predicted octanol–water partition coefficient (Wildman–Crippen LogP) is 1.09. The summed E-state index contributed by atoms with van der Waals surface area (Å²) in [5.74, 6) is -0.860. The van der Waals surface area contributed by atoms with Crippen molar-refractivity contribution in [3.63, 3.8) is 0 Å². The molecule has 1 aromatic carbocycles. The van der Waals surface area contributed by atoms with Crippen LogP contribution in [0.3, 0.4) is 0 Å². The molecule has 1 saturated carbocycles. The standard InChI is InChI=1S/C17H24N2O6S2/c1-2-25-17(20)13-4-3-11-19(12-13)27(23,24)16-9-7-15(8-10-16)26(21,22)18-14-5-6-14/h7-10,13-14,18H,2-6,11-12H2,1H3. The van der Waals surface area contributed by atoms with E-state index in [1.807, 2.05) is 0 Å². The number of carbonyl (C=O) groups is 1. The Bertz CT molecular complexity index is 892. The fourth-order valence-corrected chi connectivity index (χ4v) is 5.87. The lowest BCUT2D eigenvalue weighted by Crippen LogP contribution is -2.42. The summed E-state index contributed by atoms with van der Waals surface area (Å²) in [6.07, 6.45) is 2.81. The highest BCUT2D eigenvalue weighted by atomic mass is 32.2. The molecule has 1 N–H and O–H groups in total. The largest absolute Gasteiger partial charge is 0.466 e. The quantitative estimate of drug-likeness (QED) is 0.667. The molecule has 0 bridgehead atoms. The Balaban J connectivity index is 1.75. The molecular formula is C17H24N2O6S2. The van der Waals surface area contributed by atoms with Crippen LogP contribution in [0.15, 0.2) is 34.1 Å². The van der Waals surface area contributed by atoms with E-state index in [4.69, 9.17) is 4.74 Å². The Morgan fingerprint density at radius 1 is 1.11 bits per heavy atom. The van der Waals surface area contributed by atoms with Crippen molar-refractivity contribution in [3.8, 4) is 0 Å². The topological polar surface area (TPSA) is 110 Å². The molecule has 1 unspecified atom stereocenters. The third kappa shape index (κ3) is 4.68. The summed E-state index contributed by atoms with van der Waals surface area (Å²) in [4.78, 5) is 12.0. The lowest BCUT2D eigenvalue weighted by Gasteiger charge is -2.30. The van der Waals surface area contributed by atoms with Crippen LogP contribution in [0.25, 0.3) is 0 Å². The molecule has 1 aliphatic heterocycles. The Hall–Kier alpha value is -1.49. The highest BCUT2D eigenvalue weighted by molar-refractivity contribution is 7.89. The molecule has 2 aliphatic rings. The van der Waals surface area contributed by atoms with Crippen molar-refractivity contribution >= 4 is 26.0 Å². The third-order valence-electron chi connectivity index (χ3n) is 4.68. The van der Waals surface area contributed by atoms with Crippen molar-refractivity contribution in [1.82, 2.24) is 9.03 Å². The average Bonchev–Trinajstić information content (AvgIpc) is 3.45. The number of carbonyl (C=O) groups excluding carboxylic acids is 1. The average molecular weight is 417 g/mol. The van der Waals surface area contributed by atoms with Gasteiger partial charge in [-0.2, -0.15) is 4.31 Å². The van der Waals surface area contributed by atoms with Gasteiger partial charge in [-0.05, 0) is 56.9 Å². The second kappa shape index (κ2) is 7.86. The first-order valence-electron chi connectivity index (χ1n) is 9.03. The minimum atomic E-state index is -3.81. The van der Waals surface area contributed by atoms with Gasteiger partial charge in [0.1, 0.15) is 0 Å². The van der Waals surface area contributed by atoms with Crippen LogP contribution in [0.5, 0.6) is 0 Å². The summed E-state index contributed by atoms with van der Waals surface area (Å²) < 4.78 is 59.0. The van der Waals surface area contributed by atoms with Crippen LogP contribution in [0, 0.1) is 5.92 Å². The molecule has 3 rings (SSSR count). The van der Waals surface area contributed by atoms with Crippen molar-refractivity contribution < 1.29 is 26.4 Å². The number of nitrogens with one attached hydrogen (secondary N) is 1. The summed E-state index contributed by atoms with van der Waals surface area (Å²) in [6, 6.07) is 5.16. The lowest BCUT2D eigenvalue weighted by molar-refractivity contribution is -0.149. The number of rotatable bonds is 7. The zero-order chi connectivity index (χ0) is 19.7. The Labute approximate surface area is 160 Å². The van der Waals surface area contributed by atoms with E-state index in [0.29, 0.717) is 19.4 Å². The molecule has 0 aromatic heterocycles. The van der Waals surface area contributed by atoms with Crippen LogP contribution < -0.4 is 4.72 Å². The van der Waals surface area contributed by atoms with Crippen LogP contribution in [-0.2, 0) is 29.6 Å². The van der Waals surface area contributed by atoms with E-state index >= 15 is 0 Å². The fraction of sp³-hybridized carbons (Fsp3) is 0.588. The number of hydrogen-bond donors (Lipinski definition) is 1. The summed E-state index contributed by atoms with van der Waals surface area (Å²) in [6.45, 7) is 2.36. The molecule has 8 nitrogen and oxygen atoms in total. The molecule has 10 heteroatoms. The van der Waals surface area contributed by atoms with Gasteiger partial charge in [0.15, 0.2) is 0 Å². The number of sulfonamides is 2. The molecule has 150 valence electrons. The highest BCUT2D eigenvalue weighted by Crippen LogP contribution is 2.26. The van der Waals surface area contributed by atoms with E-state index in [0.717, 1.165) is 12.8 Å². The van der Waals surface area contributed by atoms with Crippen molar-refractivity contribution in [2.24, 2.45) is 5.92 Å². The summed E-state index contributed by atoms with van der Waals surface area (Å²) in [7, 11) is -7.44. The number of esters is 1. The molecule has 1 saturated heterocycles. The maximum atomic E-state index is 12.9. The monoisotopic (exact) mass is 416 g/mol. The zero-order valence-corrected chi connectivity index (χ0v) is 16.8. The number of hydrogen-bond acceptors (Lipinski definition) is 6. The van der Waals surface area contributed by atoms with E-state index < -0.39 is 26.0 Å². The van der Waals surface area contributed by atoms with Crippen molar-refractivity contribution in [2.45, 2.75) is 48.4 Å². The summed E-state index contributed by atoms with van der Waals surface area (Å²) in [5.41, 5.74) is 0. The smallest absolute Gasteiger partial charge is 0.310 e. The van der Waals surface area contributed by atoms with Crippen molar-refractivity contribution in [3.05, 3.63) is 24.3 Å². The van der Waals surface area contributed by atoms with Crippen LogP contribution >= 0.6 is 0 Å². The Morgan fingerprint density at radius 2 is 1.74 bits per heavy atom. The molecule has 0 spiro atoms. The molecule has 2 fully saturated rings. The van der Waals surface area contributed by atoms with Crippen molar-refractivity contribution in [1.29, 1.82) is 0 Å². The molecule has 1 heterocycles. The van der Waals surface area contributed by atoms with E-state index in [1.54, 1.807) is 6.92 Å². The lowest BCUT2D eigenvalue weighted by atomic mass is 10.0. The van der Waals surface area contributed by atoms with E-state index in [1.165, 1.54) is 28.6 Å². The maximum absolute atomic E-state index is 12.9. The van der Waals surface area contributed by atoms with Gasteiger partial charge in [0, 0.05) is 19.1 Å². The maximum Gasteiger partial charge on any atom is 0.310 e. The van der Waals surface area contributed by atoms with Gasteiger partial charge in [-0.3, -0.25) is 4.79 Å². The number of nitrogens with zero attached hydrogens (tertiary/aromatic N) is 1. The predicted molar refractivity (Wildman–Crippen MR) is 97.9 cm³/mol. The van der Waals surface area contributed by atoms with Gasteiger partial charge >= 0.3 is 5.97 Å². The zero-order valence-electron chi connectivity index (χ0n) is 15.1. The van der Waals surface area contributed by atoms with Gasteiger partial charge in [0.25, 0.3) is 0 Å². The minimum absolute atomic E-state index is 0.0115. The first-order chi connectivity index (χ1) is 12.7. The number of benzene rings is 1. The molecule has 0 amide bonds. The van der Waals surface area contributed by atoms with Gasteiger partial charge in [0.2, 0.25) is 20.0 Å². The van der Waals surface area contributed by atoms with Gasteiger partial charge in [-0.1, -0.05) is 0 Å². The van der Waals surface area contributed by atoms with E-state index in [2.05, 4.69) is 4.72 Å². The summed E-state index contributed by atoms with van der Waals surface area (Å²) >= 11 is 0. The van der Waals surface area contributed by atoms with Gasteiger partial charge < -0.3 is 4.74 Å². The van der Waals surface area contributed by atoms with Crippen LogP contribution in [0.4, 0.5) is 0 Å². The first-order valence-corrected chi connectivity index (χ1v) is 12.0. The van der Waals surface area contributed by atoms with E-state index in [-0.39, 0.29) is 35.0 Å². The second-order valence-electron chi connectivity index (χ2n) is 6.82.